The van der Waals surface area contributed by atoms with Crippen molar-refractivity contribution >= 4 is 28.7 Å². The van der Waals surface area contributed by atoms with Gasteiger partial charge in [-0.25, -0.2) is 0 Å². The molecule has 18 heavy (non-hydrogen) atoms. The number of hydrogen-bond donors (Lipinski definition) is 0. The number of fused-ring (bicyclic) bond motifs is 1. The molecule has 0 unspecified atom stereocenters. The molecule has 0 spiro atoms. The Bertz CT molecular complexity index is 608. The highest BCUT2D eigenvalue weighted by Gasteiger charge is 2.13. The number of aromatic nitrogens is 1. The zero-order chi connectivity index (χ0) is 13.1. The van der Waals surface area contributed by atoms with Crippen LogP contribution in [0, 0.1) is 0 Å². The van der Waals surface area contributed by atoms with Crippen molar-refractivity contribution in [1.29, 1.82) is 0 Å². The molecule has 0 saturated carbocycles. The summed E-state index contributed by atoms with van der Waals surface area (Å²) in [5, 5.41) is 1.64. The van der Waals surface area contributed by atoms with Gasteiger partial charge in [0, 0.05) is 30.4 Å². The summed E-state index contributed by atoms with van der Waals surface area (Å²) in [4.78, 5) is 28.3. The molecule has 1 amide bonds. The number of amides is 1. The standard InChI is InChI=1S/C14H14N2O2/c1-3-16(10(2)18)14-6-4-5-11-12(14)7-8-15-13(11)9-17/h4-9H,3H2,1-2H3. The van der Waals surface area contributed by atoms with Gasteiger partial charge in [-0.05, 0) is 19.1 Å². The van der Waals surface area contributed by atoms with Crippen molar-refractivity contribution in [3.8, 4) is 0 Å². The number of pyridine rings is 1. The van der Waals surface area contributed by atoms with Gasteiger partial charge in [0.2, 0.25) is 5.91 Å². The second kappa shape index (κ2) is 4.96. The number of anilines is 1. The van der Waals surface area contributed by atoms with Crippen LogP contribution in [0.5, 0.6) is 0 Å². The van der Waals surface area contributed by atoms with Crippen molar-refractivity contribution in [2.24, 2.45) is 0 Å². The second-order valence-electron chi connectivity index (χ2n) is 3.95. The molecule has 2 rings (SSSR count). The fourth-order valence-corrected chi connectivity index (χ4v) is 2.11. The second-order valence-corrected chi connectivity index (χ2v) is 3.95. The van der Waals surface area contributed by atoms with Gasteiger partial charge in [0.15, 0.2) is 6.29 Å². The van der Waals surface area contributed by atoms with Crippen molar-refractivity contribution in [3.63, 3.8) is 0 Å². The zero-order valence-electron chi connectivity index (χ0n) is 10.4. The first-order valence-corrected chi connectivity index (χ1v) is 5.80. The summed E-state index contributed by atoms with van der Waals surface area (Å²) in [6, 6.07) is 7.37. The van der Waals surface area contributed by atoms with Crippen LogP contribution in [0.25, 0.3) is 10.8 Å². The van der Waals surface area contributed by atoms with Gasteiger partial charge >= 0.3 is 0 Å². The number of rotatable bonds is 3. The predicted molar refractivity (Wildman–Crippen MR) is 70.8 cm³/mol. The third kappa shape index (κ3) is 1.97. The molecule has 0 atom stereocenters. The Morgan fingerprint density at radius 2 is 2.11 bits per heavy atom. The molecule has 2 aromatic rings. The fraction of sp³-hybridized carbons (Fsp3) is 0.214. The summed E-state index contributed by atoms with van der Waals surface area (Å²) in [5.41, 5.74) is 1.21. The van der Waals surface area contributed by atoms with Crippen molar-refractivity contribution in [1.82, 2.24) is 4.98 Å². The minimum Gasteiger partial charge on any atom is -0.312 e. The first-order chi connectivity index (χ1) is 8.69. The highest BCUT2D eigenvalue weighted by atomic mass is 16.2. The summed E-state index contributed by atoms with van der Waals surface area (Å²) >= 11 is 0. The van der Waals surface area contributed by atoms with Crippen LogP contribution in [0.1, 0.15) is 24.3 Å². The van der Waals surface area contributed by atoms with E-state index in [1.807, 2.05) is 31.2 Å². The number of benzene rings is 1. The Balaban J connectivity index is 2.72. The van der Waals surface area contributed by atoms with Crippen LogP contribution in [-0.4, -0.2) is 23.7 Å². The molecule has 0 radical (unpaired) electrons. The maximum atomic E-state index is 11.6. The molecule has 92 valence electrons. The fourth-order valence-electron chi connectivity index (χ4n) is 2.11. The lowest BCUT2D eigenvalue weighted by molar-refractivity contribution is -0.116. The van der Waals surface area contributed by atoms with Gasteiger partial charge in [-0.2, -0.15) is 0 Å². The Hall–Kier alpha value is -2.23. The van der Waals surface area contributed by atoms with E-state index in [-0.39, 0.29) is 5.91 Å². The van der Waals surface area contributed by atoms with Gasteiger partial charge in [0.05, 0.1) is 5.69 Å². The third-order valence-electron chi connectivity index (χ3n) is 2.91. The van der Waals surface area contributed by atoms with Crippen LogP contribution in [0.3, 0.4) is 0 Å². The largest absolute Gasteiger partial charge is 0.312 e. The van der Waals surface area contributed by atoms with Gasteiger partial charge in [-0.3, -0.25) is 14.6 Å². The van der Waals surface area contributed by atoms with Gasteiger partial charge in [0.1, 0.15) is 5.69 Å². The van der Waals surface area contributed by atoms with E-state index in [4.69, 9.17) is 0 Å². The van der Waals surface area contributed by atoms with Crippen LogP contribution >= 0.6 is 0 Å². The van der Waals surface area contributed by atoms with Crippen LogP contribution in [0.4, 0.5) is 5.69 Å². The van der Waals surface area contributed by atoms with Gasteiger partial charge < -0.3 is 4.90 Å². The average Bonchev–Trinajstić information content (AvgIpc) is 2.38. The van der Waals surface area contributed by atoms with Gasteiger partial charge in [-0.15, -0.1) is 0 Å². The van der Waals surface area contributed by atoms with E-state index in [2.05, 4.69) is 4.98 Å². The molecule has 0 aliphatic rings. The van der Waals surface area contributed by atoms with Gasteiger partial charge in [0.25, 0.3) is 0 Å². The van der Waals surface area contributed by atoms with E-state index in [1.54, 1.807) is 11.1 Å². The minimum absolute atomic E-state index is 0.0190. The molecule has 1 aromatic heterocycles. The molecule has 1 heterocycles. The lowest BCUT2D eigenvalue weighted by atomic mass is 10.1. The summed E-state index contributed by atoms with van der Waals surface area (Å²) in [6.45, 7) is 4.04. The molecule has 0 aliphatic carbocycles. The Labute approximate surface area is 105 Å². The third-order valence-corrected chi connectivity index (χ3v) is 2.91. The molecule has 0 saturated heterocycles. The zero-order valence-corrected chi connectivity index (χ0v) is 10.4. The van der Waals surface area contributed by atoms with E-state index >= 15 is 0 Å². The van der Waals surface area contributed by atoms with Gasteiger partial charge in [-0.1, -0.05) is 12.1 Å². The van der Waals surface area contributed by atoms with Crippen LogP contribution in [0.15, 0.2) is 30.5 Å². The van der Waals surface area contributed by atoms with Crippen molar-refractivity contribution in [2.75, 3.05) is 11.4 Å². The van der Waals surface area contributed by atoms with E-state index in [0.717, 1.165) is 22.7 Å². The summed E-state index contributed by atoms with van der Waals surface area (Å²) in [5.74, 6) is -0.0190. The van der Waals surface area contributed by atoms with Crippen molar-refractivity contribution in [3.05, 3.63) is 36.2 Å². The van der Waals surface area contributed by atoms with E-state index in [9.17, 15) is 9.59 Å². The molecule has 0 aliphatic heterocycles. The maximum Gasteiger partial charge on any atom is 0.223 e. The van der Waals surface area contributed by atoms with Crippen molar-refractivity contribution in [2.45, 2.75) is 13.8 Å². The molecule has 4 heteroatoms. The molecule has 1 aromatic carbocycles. The SMILES string of the molecule is CCN(C(C)=O)c1cccc2c(C=O)nccc12. The lowest BCUT2D eigenvalue weighted by Gasteiger charge is -2.21. The van der Waals surface area contributed by atoms with Crippen molar-refractivity contribution < 1.29 is 9.59 Å². The molecule has 0 N–H and O–H groups in total. The van der Waals surface area contributed by atoms with Crippen LogP contribution < -0.4 is 4.90 Å². The number of carbonyl (C=O) groups is 2. The number of nitrogens with zero attached hydrogens (tertiary/aromatic N) is 2. The number of carbonyl (C=O) groups excluding carboxylic acids is 2. The molecule has 0 bridgehead atoms. The van der Waals surface area contributed by atoms with E-state index in [1.165, 1.54) is 6.92 Å². The number of hydrogen-bond acceptors (Lipinski definition) is 3. The lowest BCUT2D eigenvalue weighted by Crippen LogP contribution is -2.28. The monoisotopic (exact) mass is 242 g/mol. The maximum absolute atomic E-state index is 11.6. The Kier molecular flexibility index (Phi) is 3.37. The molecular formula is C14H14N2O2. The highest BCUT2D eigenvalue weighted by molar-refractivity contribution is 6.06. The predicted octanol–water partition coefficient (Wildman–Crippen LogP) is 2.42. The van der Waals surface area contributed by atoms with Crippen LogP contribution in [0.2, 0.25) is 0 Å². The smallest absolute Gasteiger partial charge is 0.223 e. The first-order valence-electron chi connectivity index (χ1n) is 5.80. The topological polar surface area (TPSA) is 50.3 Å². The molecular weight excluding hydrogens is 228 g/mol. The Morgan fingerprint density at radius 1 is 1.33 bits per heavy atom. The summed E-state index contributed by atoms with van der Waals surface area (Å²) in [7, 11) is 0. The molecule has 4 nitrogen and oxygen atoms in total. The number of aldehydes is 1. The van der Waals surface area contributed by atoms with E-state index < -0.39 is 0 Å². The van der Waals surface area contributed by atoms with E-state index in [0.29, 0.717) is 12.2 Å². The quantitative estimate of drug-likeness (QED) is 0.777. The normalized spacial score (nSPS) is 10.3. The highest BCUT2D eigenvalue weighted by Crippen LogP contribution is 2.27. The molecule has 0 fully saturated rings. The Morgan fingerprint density at radius 3 is 2.72 bits per heavy atom. The summed E-state index contributed by atoms with van der Waals surface area (Å²) < 4.78 is 0. The first kappa shape index (κ1) is 12.2. The average molecular weight is 242 g/mol. The summed E-state index contributed by atoms with van der Waals surface area (Å²) in [6.07, 6.45) is 2.32. The van der Waals surface area contributed by atoms with Crippen LogP contribution in [-0.2, 0) is 4.79 Å². The minimum atomic E-state index is -0.0190.